The maximum Gasteiger partial charge on any atom is 0.357 e. The summed E-state index contributed by atoms with van der Waals surface area (Å²) < 4.78 is 38.9. The first kappa shape index (κ1) is 21.6. The zero-order valence-corrected chi connectivity index (χ0v) is 17.3. The average molecular weight is 393 g/mol. The SMILES string of the molecule is CC(C)COP(=O)(OCC(C)C)[C@H](Nc1ccccc1)c1ccc(F)cc1. The van der Waals surface area contributed by atoms with Gasteiger partial charge in [-0.25, -0.2) is 4.39 Å². The molecule has 0 saturated carbocycles. The second kappa shape index (κ2) is 10.0. The van der Waals surface area contributed by atoms with E-state index in [9.17, 15) is 8.96 Å². The fourth-order valence-electron chi connectivity index (χ4n) is 2.37. The molecule has 2 aromatic carbocycles. The first-order chi connectivity index (χ1) is 12.8. The molecule has 0 aliphatic heterocycles. The van der Waals surface area contributed by atoms with Gasteiger partial charge in [0.25, 0.3) is 0 Å². The minimum atomic E-state index is -3.57. The number of hydrogen-bond donors (Lipinski definition) is 1. The van der Waals surface area contributed by atoms with Crippen molar-refractivity contribution >= 4 is 13.3 Å². The molecule has 6 heteroatoms. The van der Waals surface area contributed by atoms with E-state index in [4.69, 9.17) is 9.05 Å². The van der Waals surface area contributed by atoms with E-state index in [1.165, 1.54) is 12.1 Å². The summed E-state index contributed by atoms with van der Waals surface area (Å²) in [6.07, 6.45) is 0. The van der Waals surface area contributed by atoms with Gasteiger partial charge in [-0.1, -0.05) is 58.0 Å². The van der Waals surface area contributed by atoms with E-state index < -0.39 is 13.4 Å². The second-order valence-electron chi connectivity index (χ2n) is 7.38. The van der Waals surface area contributed by atoms with Crippen molar-refractivity contribution in [3.05, 3.63) is 66.0 Å². The van der Waals surface area contributed by atoms with E-state index in [-0.39, 0.29) is 17.7 Å². The Labute approximate surface area is 161 Å². The summed E-state index contributed by atoms with van der Waals surface area (Å²) in [5, 5.41) is 3.27. The van der Waals surface area contributed by atoms with Gasteiger partial charge in [0.15, 0.2) is 5.78 Å². The van der Waals surface area contributed by atoms with Crippen molar-refractivity contribution < 1.29 is 18.0 Å². The van der Waals surface area contributed by atoms with Crippen LogP contribution in [0.25, 0.3) is 0 Å². The van der Waals surface area contributed by atoms with Crippen molar-refractivity contribution in [3.63, 3.8) is 0 Å². The second-order valence-corrected chi connectivity index (χ2v) is 9.50. The van der Waals surface area contributed by atoms with Gasteiger partial charge in [-0.2, -0.15) is 0 Å². The molecule has 0 unspecified atom stereocenters. The van der Waals surface area contributed by atoms with Crippen LogP contribution in [0.2, 0.25) is 0 Å². The molecule has 0 aliphatic rings. The molecule has 1 N–H and O–H groups in total. The van der Waals surface area contributed by atoms with Crippen molar-refractivity contribution in [1.29, 1.82) is 0 Å². The lowest BCUT2D eigenvalue weighted by molar-refractivity contribution is 0.168. The van der Waals surface area contributed by atoms with E-state index in [0.717, 1.165) is 5.69 Å². The molecule has 27 heavy (non-hydrogen) atoms. The van der Waals surface area contributed by atoms with Gasteiger partial charge in [0.2, 0.25) is 0 Å². The number of para-hydroxylation sites is 1. The quantitative estimate of drug-likeness (QED) is 0.470. The predicted molar refractivity (Wildman–Crippen MR) is 108 cm³/mol. The Hall–Kier alpha value is -1.68. The Morgan fingerprint density at radius 3 is 1.89 bits per heavy atom. The molecular formula is C21H29FNO3P. The molecular weight excluding hydrogens is 364 g/mol. The van der Waals surface area contributed by atoms with Crippen LogP contribution < -0.4 is 5.32 Å². The Morgan fingerprint density at radius 1 is 0.889 bits per heavy atom. The van der Waals surface area contributed by atoms with Gasteiger partial charge in [-0.3, -0.25) is 4.57 Å². The summed E-state index contributed by atoms with van der Waals surface area (Å²) in [6.45, 7) is 8.58. The molecule has 0 aliphatic carbocycles. The first-order valence-corrected chi connectivity index (χ1v) is 10.9. The van der Waals surface area contributed by atoms with Crippen LogP contribution in [0.4, 0.5) is 10.1 Å². The highest BCUT2D eigenvalue weighted by Crippen LogP contribution is 2.61. The lowest BCUT2D eigenvalue weighted by Gasteiger charge is -2.30. The normalized spacial score (nSPS) is 13.1. The van der Waals surface area contributed by atoms with Crippen LogP contribution >= 0.6 is 7.60 Å². The molecule has 0 bridgehead atoms. The van der Waals surface area contributed by atoms with Crippen LogP contribution in [0.15, 0.2) is 54.6 Å². The fraction of sp³-hybridized carbons (Fsp3) is 0.429. The maximum absolute atomic E-state index is 13.8. The third-order valence-corrected chi connectivity index (χ3v) is 5.83. The molecule has 0 amide bonds. The first-order valence-electron chi connectivity index (χ1n) is 9.26. The smallest absolute Gasteiger partial charge is 0.357 e. The van der Waals surface area contributed by atoms with Crippen LogP contribution in [0.5, 0.6) is 0 Å². The van der Waals surface area contributed by atoms with Gasteiger partial charge in [0, 0.05) is 5.69 Å². The lowest BCUT2D eigenvalue weighted by atomic mass is 10.2. The number of anilines is 1. The Balaban J connectivity index is 2.40. The molecule has 0 aromatic heterocycles. The molecule has 0 fully saturated rings. The summed E-state index contributed by atoms with van der Waals surface area (Å²) in [6, 6.07) is 15.4. The van der Waals surface area contributed by atoms with Crippen molar-refractivity contribution in [3.8, 4) is 0 Å². The van der Waals surface area contributed by atoms with Crippen LogP contribution in [0, 0.1) is 17.7 Å². The third-order valence-electron chi connectivity index (χ3n) is 3.75. The van der Waals surface area contributed by atoms with E-state index in [0.29, 0.717) is 18.8 Å². The molecule has 0 radical (unpaired) electrons. The van der Waals surface area contributed by atoms with Crippen molar-refractivity contribution in [2.24, 2.45) is 11.8 Å². The van der Waals surface area contributed by atoms with Gasteiger partial charge < -0.3 is 14.4 Å². The predicted octanol–water partition coefficient (Wildman–Crippen LogP) is 6.47. The molecule has 2 rings (SSSR count). The molecule has 4 nitrogen and oxygen atoms in total. The highest BCUT2D eigenvalue weighted by atomic mass is 31.2. The number of hydrogen-bond acceptors (Lipinski definition) is 4. The molecule has 0 heterocycles. The summed E-state index contributed by atoms with van der Waals surface area (Å²) >= 11 is 0. The number of benzene rings is 2. The monoisotopic (exact) mass is 393 g/mol. The molecule has 1 atom stereocenters. The van der Waals surface area contributed by atoms with Gasteiger partial charge in [0.1, 0.15) is 5.82 Å². The lowest BCUT2D eigenvalue weighted by Crippen LogP contribution is -2.18. The molecule has 148 valence electrons. The fourth-order valence-corrected chi connectivity index (χ4v) is 4.60. The van der Waals surface area contributed by atoms with Crippen LogP contribution in [0.1, 0.15) is 39.0 Å². The van der Waals surface area contributed by atoms with Gasteiger partial charge >= 0.3 is 7.60 Å². The van der Waals surface area contributed by atoms with Crippen molar-refractivity contribution in [2.75, 3.05) is 18.5 Å². The van der Waals surface area contributed by atoms with E-state index in [1.807, 2.05) is 58.0 Å². The van der Waals surface area contributed by atoms with Crippen LogP contribution in [-0.4, -0.2) is 13.2 Å². The zero-order chi connectivity index (χ0) is 19.9. The number of nitrogens with one attached hydrogen (secondary N) is 1. The Morgan fingerprint density at radius 2 is 1.41 bits per heavy atom. The van der Waals surface area contributed by atoms with Gasteiger partial charge in [-0.15, -0.1) is 0 Å². The van der Waals surface area contributed by atoms with Crippen LogP contribution in [-0.2, 0) is 13.6 Å². The zero-order valence-electron chi connectivity index (χ0n) is 16.4. The van der Waals surface area contributed by atoms with Crippen molar-refractivity contribution in [2.45, 2.75) is 33.5 Å². The molecule has 0 spiro atoms. The van der Waals surface area contributed by atoms with Gasteiger partial charge in [0.05, 0.1) is 13.2 Å². The standard InChI is InChI=1S/C21H29FNO3P/c1-16(2)14-25-27(24,26-15-17(3)4)21(18-10-12-19(22)13-11-18)23-20-8-6-5-7-9-20/h5-13,16-17,21,23H,14-15H2,1-4H3/t21-/m0/s1. The summed E-state index contributed by atoms with van der Waals surface area (Å²) in [7, 11) is -3.57. The van der Waals surface area contributed by atoms with E-state index >= 15 is 0 Å². The molecule has 2 aromatic rings. The summed E-state index contributed by atoms with van der Waals surface area (Å²) in [5.41, 5.74) is 1.43. The van der Waals surface area contributed by atoms with Gasteiger partial charge in [-0.05, 0) is 41.7 Å². The van der Waals surface area contributed by atoms with E-state index in [2.05, 4.69) is 5.32 Å². The summed E-state index contributed by atoms with van der Waals surface area (Å²) in [4.78, 5) is 0. The Kier molecular flexibility index (Phi) is 8.03. The highest BCUT2D eigenvalue weighted by molar-refractivity contribution is 7.54. The largest absolute Gasteiger partial charge is 0.368 e. The third kappa shape index (κ3) is 6.76. The average Bonchev–Trinajstić information content (AvgIpc) is 2.64. The van der Waals surface area contributed by atoms with Crippen molar-refractivity contribution in [1.82, 2.24) is 0 Å². The van der Waals surface area contributed by atoms with E-state index in [1.54, 1.807) is 12.1 Å². The highest BCUT2D eigenvalue weighted by Gasteiger charge is 2.38. The minimum absolute atomic E-state index is 0.201. The Bertz CT molecular complexity index is 719. The topological polar surface area (TPSA) is 47.6 Å². The summed E-state index contributed by atoms with van der Waals surface area (Å²) in [5.74, 6) is -0.686. The minimum Gasteiger partial charge on any atom is -0.368 e. The number of rotatable bonds is 10. The molecule has 0 saturated heterocycles. The van der Waals surface area contributed by atoms with Crippen LogP contribution in [0.3, 0.4) is 0 Å². The number of halogens is 1. The maximum atomic E-state index is 13.8.